The van der Waals surface area contributed by atoms with Gasteiger partial charge in [-0.1, -0.05) is 0 Å². The second-order valence-corrected chi connectivity index (χ2v) is 5.99. The van der Waals surface area contributed by atoms with E-state index in [4.69, 9.17) is 0 Å². The number of thiophene rings is 2. The predicted molar refractivity (Wildman–Crippen MR) is 83.1 cm³/mol. The van der Waals surface area contributed by atoms with Gasteiger partial charge in [-0.2, -0.15) is 22.7 Å². The molecule has 3 N–H and O–H groups in total. The van der Waals surface area contributed by atoms with Gasteiger partial charge in [0, 0.05) is 13.1 Å². The van der Waals surface area contributed by atoms with Crippen molar-refractivity contribution in [1.29, 1.82) is 0 Å². The Morgan fingerprint density at radius 1 is 1.10 bits per heavy atom. The van der Waals surface area contributed by atoms with Gasteiger partial charge in [0.05, 0.1) is 6.10 Å². The zero-order chi connectivity index (χ0) is 15.1. The minimum Gasteiger partial charge on any atom is -0.388 e. The Balaban J connectivity index is 1.65. The number of carbonyl (C=O) groups is 2. The van der Waals surface area contributed by atoms with Crippen molar-refractivity contribution in [2.75, 3.05) is 6.54 Å². The van der Waals surface area contributed by atoms with E-state index in [-0.39, 0.29) is 6.54 Å². The van der Waals surface area contributed by atoms with Crippen molar-refractivity contribution in [3.05, 3.63) is 44.8 Å². The van der Waals surface area contributed by atoms with E-state index in [2.05, 4.69) is 10.6 Å². The fourth-order valence-electron chi connectivity index (χ4n) is 1.69. The first kappa shape index (κ1) is 15.7. The molecule has 0 bridgehead atoms. The maximum Gasteiger partial charge on any atom is 0.309 e. The molecule has 112 valence electrons. The first-order valence-corrected chi connectivity index (χ1v) is 8.32. The summed E-state index contributed by atoms with van der Waals surface area (Å²) in [4.78, 5) is 23.1. The molecule has 0 aromatic carbocycles. The van der Waals surface area contributed by atoms with E-state index < -0.39 is 17.9 Å². The summed E-state index contributed by atoms with van der Waals surface area (Å²) < 4.78 is 0. The number of carbonyl (C=O) groups excluding carboxylic acids is 2. The van der Waals surface area contributed by atoms with Gasteiger partial charge in [-0.05, 0) is 51.2 Å². The maximum absolute atomic E-state index is 11.6. The molecule has 1 atom stereocenters. The highest BCUT2D eigenvalue weighted by Crippen LogP contribution is 2.18. The van der Waals surface area contributed by atoms with Gasteiger partial charge in [0.2, 0.25) is 0 Å². The standard InChI is InChI=1S/C14H16N2O3S2/c17-12(11-3-6-21-9-11)1-4-15-13(18)14(19)16-7-10-2-5-20-8-10/h2-3,5-6,8-9,12,17H,1,4,7H2,(H,15,18)(H,16,19). The molecule has 21 heavy (non-hydrogen) atoms. The zero-order valence-corrected chi connectivity index (χ0v) is 12.9. The largest absolute Gasteiger partial charge is 0.388 e. The predicted octanol–water partition coefficient (Wildman–Crippen LogP) is 1.67. The summed E-state index contributed by atoms with van der Waals surface area (Å²) in [5.74, 6) is -1.34. The number of rotatable bonds is 6. The number of aliphatic hydroxyl groups excluding tert-OH is 1. The molecule has 5 nitrogen and oxygen atoms in total. The van der Waals surface area contributed by atoms with Gasteiger partial charge in [-0.15, -0.1) is 0 Å². The molecule has 0 aliphatic rings. The van der Waals surface area contributed by atoms with Crippen LogP contribution in [0.2, 0.25) is 0 Å². The number of amides is 2. The molecule has 0 aliphatic carbocycles. The van der Waals surface area contributed by atoms with E-state index in [0.29, 0.717) is 13.0 Å². The van der Waals surface area contributed by atoms with E-state index in [1.54, 1.807) is 0 Å². The van der Waals surface area contributed by atoms with Crippen molar-refractivity contribution in [3.63, 3.8) is 0 Å². The number of aliphatic hydroxyl groups is 1. The van der Waals surface area contributed by atoms with Crippen LogP contribution in [0.1, 0.15) is 23.7 Å². The van der Waals surface area contributed by atoms with E-state index in [9.17, 15) is 14.7 Å². The first-order chi connectivity index (χ1) is 10.2. The summed E-state index contributed by atoms with van der Waals surface area (Å²) in [5, 5.41) is 22.5. The molecule has 0 radical (unpaired) electrons. The Kier molecular flexibility index (Phi) is 5.91. The third-order valence-corrected chi connectivity index (χ3v) is 4.30. The van der Waals surface area contributed by atoms with Crippen molar-refractivity contribution < 1.29 is 14.7 Å². The smallest absolute Gasteiger partial charge is 0.309 e. The van der Waals surface area contributed by atoms with E-state index in [1.807, 2.05) is 33.7 Å². The van der Waals surface area contributed by atoms with Crippen LogP contribution in [0.3, 0.4) is 0 Å². The molecule has 2 aromatic heterocycles. The van der Waals surface area contributed by atoms with Gasteiger partial charge < -0.3 is 15.7 Å². The summed E-state index contributed by atoms with van der Waals surface area (Å²) in [6, 6.07) is 3.73. The Hall–Kier alpha value is -1.70. The molecule has 0 saturated carbocycles. The lowest BCUT2D eigenvalue weighted by Gasteiger charge is -2.10. The maximum atomic E-state index is 11.6. The topological polar surface area (TPSA) is 78.4 Å². The molecule has 2 rings (SSSR count). The van der Waals surface area contributed by atoms with Gasteiger partial charge in [0.15, 0.2) is 0 Å². The summed E-state index contributed by atoms with van der Waals surface area (Å²) in [5.41, 5.74) is 1.80. The monoisotopic (exact) mass is 324 g/mol. The third-order valence-electron chi connectivity index (χ3n) is 2.87. The van der Waals surface area contributed by atoms with Crippen molar-refractivity contribution in [2.24, 2.45) is 0 Å². The molecule has 7 heteroatoms. The number of hydrogen-bond donors (Lipinski definition) is 3. The minimum atomic E-state index is -0.678. The van der Waals surface area contributed by atoms with Gasteiger partial charge in [0.25, 0.3) is 0 Å². The van der Waals surface area contributed by atoms with Crippen LogP contribution in [0.25, 0.3) is 0 Å². The fraction of sp³-hybridized carbons (Fsp3) is 0.286. The van der Waals surface area contributed by atoms with Crippen LogP contribution in [0.5, 0.6) is 0 Å². The van der Waals surface area contributed by atoms with Crippen LogP contribution < -0.4 is 10.6 Å². The SMILES string of the molecule is O=C(NCCC(O)c1ccsc1)C(=O)NCc1ccsc1. The number of hydrogen-bond acceptors (Lipinski definition) is 5. The molecular weight excluding hydrogens is 308 g/mol. The highest BCUT2D eigenvalue weighted by molar-refractivity contribution is 7.08. The quantitative estimate of drug-likeness (QED) is 0.707. The molecule has 0 aliphatic heterocycles. The van der Waals surface area contributed by atoms with Crippen LogP contribution in [-0.2, 0) is 16.1 Å². The summed E-state index contributed by atoms with van der Waals surface area (Å²) >= 11 is 3.04. The average molecular weight is 324 g/mol. The van der Waals surface area contributed by atoms with Crippen molar-refractivity contribution >= 4 is 34.5 Å². The van der Waals surface area contributed by atoms with Gasteiger partial charge in [0.1, 0.15) is 0 Å². The Morgan fingerprint density at radius 3 is 2.48 bits per heavy atom. The van der Waals surface area contributed by atoms with Crippen molar-refractivity contribution in [2.45, 2.75) is 19.1 Å². The summed E-state index contributed by atoms with van der Waals surface area (Å²) in [6.07, 6.45) is -0.245. The molecule has 1 unspecified atom stereocenters. The second-order valence-electron chi connectivity index (χ2n) is 4.43. The molecule has 0 fully saturated rings. The highest BCUT2D eigenvalue weighted by Gasteiger charge is 2.14. The molecular formula is C14H16N2O3S2. The first-order valence-electron chi connectivity index (χ1n) is 6.44. The number of nitrogens with one attached hydrogen (secondary N) is 2. The summed E-state index contributed by atoms with van der Waals surface area (Å²) in [7, 11) is 0. The second kappa shape index (κ2) is 7.92. The molecule has 0 saturated heterocycles. The van der Waals surface area contributed by atoms with Crippen molar-refractivity contribution in [3.8, 4) is 0 Å². The van der Waals surface area contributed by atoms with Crippen LogP contribution >= 0.6 is 22.7 Å². The van der Waals surface area contributed by atoms with Crippen LogP contribution in [-0.4, -0.2) is 23.5 Å². The van der Waals surface area contributed by atoms with E-state index in [1.165, 1.54) is 22.7 Å². The van der Waals surface area contributed by atoms with Gasteiger partial charge >= 0.3 is 11.8 Å². The highest BCUT2D eigenvalue weighted by atomic mass is 32.1. The average Bonchev–Trinajstić information content (AvgIpc) is 3.17. The van der Waals surface area contributed by atoms with E-state index >= 15 is 0 Å². The van der Waals surface area contributed by atoms with E-state index in [0.717, 1.165) is 11.1 Å². The minimum absolute atomic E-state index is 0.252. The lowest BCUT2D eigenvalue weighted by atomic mass is 10.1. The van der Waals surface area contributed by atoms with Crippen LogP contribution in [0.15, 0.2) is 33.7 Å². The molecule has 2 heterocycles. The molecule has 2 aromatic rings. The Morgan fingerprint density at radius 2 is 1.81 bits per heavy atom. The normalized spacial score (nSPS) is 11.9. The van der Waals surface area contributed by atoms with Gasteiger partial charge in [-0.25, -0.2) is 0 Å². The lowest BCUT2D eigenvalue weighted by Crippen LogP contribution is -2.40. The molecule has 2 amide bonds. The Labute approximate surface area is 130 Å². The zero-order valence-electron chi connectivity index (χ0n) is 11.2. The summed E-state index contributed by atoms with van der Waals surface area (Å²) in [6.45, 7) is 0.592. The van der Waals surface area contributed by atoms with Crippen LogP contribution in [0.4, 0.5) is 0 Å². The molecule has 0 spiro atoms. The van der Waals surface area contributed by atoms with Crippen molar-refractivity contribution in [1.82, 2.24) is 10.6 Å². The fourth-order valence-corrected chi connectivity index (χ4v) is 3.07. The Bertz CT molecular complexity index is 567. The lowest BCUT2D eigenvalue weighted by molar-refractivity contribution is -0.139. The van der Waals surface area contributed by atoms with Gasteiger partial charge in [-0.3, -0.25) is 9.59 Å². The van der Waals surface area contributed by atoms with Crippen LogP contribution in [0, 0.1) is 0 Å². The third kappa shape index (κ3) is 4.96.